The van der Waals surface area contributed by atoms with Crippen LogP contribution in [0.3, 0.4) is 0 Å². The fraction of sp³-hybridized carbons (Fsp3) is 0.222. The highest BCUT2D eigenvalue weighted by atomic mass is 79.9. The Kier molecular flexibility index (Phi) is 3.52. The zero-order valence-electron chi connectivity index (χ0n) is 8.01. The number of aromatic carboxylic acids is 1. The molecule has 1 aromatic carbocycles. The summed E-state index contributed by atoms with van der Waals surface area (Å²) in [5.74, 6) is -1.97. The average molecular weight is 279 g/mol. The molecule has 0 heterocycles. The van der Waals surface area contributed by atoms with E-state index in [9.17, 15) is 9.18 Å². The van der Waals surface area contributed by atoms with Gasteiger partial charge in [-0.2, -0.15) is 0 Å². The van der Waals surface area contributed by atoms with E-state index >= 15 is 0 Å². The third kappa shape index (κ3) is 2.04. The highest BCUT2D eigenvalue weighted by Crippen LogP contribution is 2.38. The van der Waals surface area contributed by atoms with Gasteiger partial charge >= 0.3 is 5.97 Å². The number of ether oxygens (including phenoxy) is 2. The van der Waals surface area contributed by atoms with Gasteiger partial charge in [0.2, 0.25) is 0 Å². The fourth-order valence-electron chi connectivity index (χ4n) is 1.08. The number of halogens is 2. The molecule has 4 nitrogen and oxygen atoms in total. The van der Waals surface area contributed by atoms with Gasteiger partial charge in [-0.1, -0.05) is 0 Å². The van der Waals surface area contributed by atoms with Crippen molar-refractivity contribution in [3.63, 3.8) is 0 Å². The Balaban J connectivity index is 3.49. The van der Waals surface area contributed by atoms with Crippen molar-refractivity contribution >= 4 is 21.9 Å². The Morgan fingerprint density at radius 1 is 1.47 bits per heavy atom. The van der Waals surface area contributed by atoms with Crippen molar-refractivity contribution in [1.29, 1.82) is 0 Å². The smallest absolute Gasteiger partial charge is 0.338 e. The maximum absolute atomic E-state index is 13.5. The molecule has 1 N–H and O–H groups in total. The molecule has 0 spiro atoms. The summed E-state index contributed by atoms with van der Waals surface area (Å²) in [5, 5.41) is 8.72. The molecular weight excluding hydrogens is 271 g/mol. The summed E-state index contributed by atoms with van der Waals surface area (Å²) < 4.78 is 23.1. The number of benzene rings is 1. The standard InChI is InChI=1S/C9H8BrFO4/c1-14-5-3-4(9(12)13)7(11)6(10)8(5)15-2/h3H,1-2H3,(H,12,13). The van der Waals surface area contributed by atoms with Crippen LogP contribution in [0, 0.1) is 5.82 Å². The molecule has 0 unspecified atom stereocenters. The van der Waals surface area contributed by atoms with E-state index in [0.717, 1.165) is 6.07 Å². The van der Waals surface area contributed by atoms with Crippen LogP contribution < -0.4 is 9.47 Å². The van der Waals surface area contributed by atoms with Gasteiger partial charge in [0.05, 0.1) is 18.7 Å². The summed E-state index contributed by atoms with van der Waals surface area (Å²) in [6.45, 7) is 0. The minimum atomic E-state index is -1.37. The van der Waals surface area contributed by atoms with E-state index in [4.69, 9.17) is 14.6 Å². The van der Waals surface area contributed by atoms with E-state index in [1.807, 2.05) is 0 Å². The zero-order chi connectivity index (χ0) is 11.6. The molecule has 1 aromatic rings. The second kappa shape index (κ2) is 4.48. The third-order valence-corrected chi connectivity index (χ3v) is 2.49. The number of carbonyl (C=O) groups is 1. The quantitative estimate of drug-likeness (QED) is 0.922. The minimum absolute atomic E-state index is 0.0678. The maximum Gasteiger partial charge on any atom is 0.338 e. The number of hydrogen-bond donors (Lipinski definition) is 1. The van der Waals surface area contributed by atoms with Crippen LogP contribution >= 0.6 is 15.9 Å². The van der Waals surface area contributed by atoms with E-state index in [1.165, 1.54) is 14.2 Å². The SMILES string of the molecule is COc1cc(C(=O)O)c(F)c(Br)c1OC. The highest BCUT2D eigenvalue weighted by molar-refractivity contribution is 9.10. The molecule has 0 aliphatic carbocycles. The van der Waals surface area contributed by atoms with Gasteiger partial charge in [0.1, 0.15) is 5.56 Å². The van der Waals surface area contributed by atoms with Gasteiger partial charge in [-0.05, 0) is 15.9 Å². The van der Waals surface area contributed by atoms with Gasteiger partial charge in [0.25, 0.3) is 0 Å². The second-order valence-corrected chi connectivity index (χ2v) is 3.39. The van der Waals surface area contributed by atoms with E-state index in [0.29, 0.717) is 0 Å². The Morgan fingerprint density at radius 2 is 2.07 bits per heavy atom. The average Bonchev–Trinajstić information content (AvgIpc) is 2.21. The number of carboxylic acids is 1. The van der Waals surface area contributed by atoms with Crippen LogP contribution in [-0.4, -0.2) is 25.3 Å². The molecule has 15 heavy (non-hydrogen) atoms. The van der Waals surface area contributed by atoms with Gasteiger partial charge in [-0.25, -0.2) is 9.18 Å². The van der Waals surface area contributed by atoms with Gasteiger partial charge in [0.15, 0.2) is 17.3 Å². The summed E-state index contributed by atoms with van der Waals surface area (Å²) in [4.78, 5) is 10.7. The molecule has 0 saturated heterocycles. The first kappa shape index (κ1) is 11.8. The van der Waals surface area contributed by atoms with Crippen molar-refractivity contribution in [2.45, 2.75) is 0 Å². The van der Waals surface area contributed by atoms with E-state index in [-0.39, 0.29) is 16.0 Å². The third-order valence-electron chi connectivity index (χ3n) is 1.78. The van der Waals surface area contributed by atoms with Crippen molar-refractivity contribution in [1.82, 2.24) is 0 Å². The maximum atomic E-state index is 13.5. The van der Waals surface area contributed by atoms with Crippen LogP contribution in [0.5, 0.6) is 11.5 Å². The van der Waals surface area contributed by atoms with Gasteiger partial charge < -0.3 is 14.6 Å². The van der Waals surface area contributed by atoms with Crippen LogP contribution in [0.1, 0.15) is 10.4 Å². The monoisotopic (exact) mass is 278 g/mol. The summed E-state index contributed by atoms with van der Waals surface area (Å²) in [6.07, 6.45) is 0. The first-order chi connectivity index (χ1) is 7.02. The van der Waals surface area contributed by atoms with Crippen molar-refractivity contribution in [3.05, 3.63) is 21.9 Å². The largest absolute Gasteiger partial charge is 0.493 e. The fourth-order valence-corrected chi connectivity index (χ4v) is 1.65. The van der Waals surface area contributed by atoms with Crippen molar-refractivity contribution in [2.24, 2.45) is 0 Å². The van der Waals surface area contributed by atoms with E-state index in [1.54, 1.807) is 0 Å². The number of hydrogen-bond acceptors (Lipinski definition) is 3. The number of methoxy groups -OCH3 is 2. The summed E-state index contributed by atoms with van der Waals surface area (Å²) >= 11 is 2.91. The van der Waals surface area contributed by atoms with Gasteiger partial charge in [-0.15, -0.1) is 0 Å². The molecule has 0 saturated carbocycles. The lowest BCUT2D eigenvalue weighted by Gasteiger charge is -2.11. The zero-order valence-corrected chi connectivity index (χ0v) is 9.59. The van der Waals surface area contributed by atoms with Crippen LogP contribution in [0.2, 0.25) is 0 Å². The lowest BCUT2D eigenvalue weighted by atomic mass is 10.2. The molecule has 6 heteroatoms. The minimum Gasteiger partial charge on any atom is -0.493 e. The molecule has 0 aliphatic heterocycles. The van der Waals surface area contributed by atoms with Crippen LogP contribution in [0.25, 0.3) is 0 Å². The molecular formula is C9H8BrFO4. The lowest BCUT2D eigenvalue weighted by Crippen LogP contribution is -2.04. The molecule has 0 amide bonds. The topological polar surface area (TPSA) is 55.8 Å². The number of carboxylic acid groups (broad SMARTS) is 1. The molecule has 0 fully saturated rings. The predicted molar refractivity (Wildman–Crippen MR) is 54.2 cm³/mol. The Morgan fingerprint density at radius 3 is 2.47 bits per heavy atom. The molecule has 82 valence electrons. The normalized spacial score (nSPS) is 9.87. The molecule has 0 aromatic heterocycles. The molecule has 0 bridgehead atoms. The Hall–Kier alpha value is -1.30. The van der Waals surface area contributed by atoms with Crippen molar-refractivity contribution < 1.29 is 23.8 Å². The Labute approximate surface area is 93.7 Å². The second-order valence-electron chi connectivity index (χ2n) is 2.59. The van der Waals surface area contributed by atoms with E-state index in [2.05, 4.69) is 15.9 Å². The van der Waals surface area contributed by atoms with Crippen molar-refractivity contribution in [3.8, 4) is 11.5 Å². The van der Waals surface area contributed by atoms with Crippen LogP contribution in [-0.2, 0) is 0 Å². The molecule has 1 rings (SSSR count). The van der Waals surface area contributed by atoms with Gasteiger partial charge in [0, 0.05) is 6.07 Å². The van der Waals surface area contributed by atoms with E-state index < -0.39 is 17.3 Å². The highest BCUT2D eigenvalue weighted by Gasteiger charge is 2.21. The molecule has 0 radical (unpaired) electrons. The predicted octanol–water partition coefficient (Wildman–Crippen LogP) is 2.30. The van der Waals surface area contributed by atoms with Gasteiger partial charge in [-0.3, -0.25) is 0 Å². The summed E-state index contributed by atoms with van der Waals surface area (Å²) in [6, 6.07) is 1.07. The number of rotatable bonds is 3. The Bertz CT molecular complexity index is 406. The first-order valence-corrected chi connectivity index (χ1v) is 4.65. The van der Waals surface area contributed by atoms with Crippen molar-refractivity contribution in [2.75, 3.05) is 14.2 Å². The molecule has 0 atom stereocenters. The summed E-state index contributed by atoms with van der Waals surface area (Å²) in [5.41, 5.74) is -0.473. The van der Waals surface area contributed by atoms with Crippen LogP contribution in [0.15, 0.2) is 10.5 Å². The first-order valence-electron chi connectivity index (χ1n) is 3.86. The lowest BCUT2D eigenvalue weighted by molar-refractivity contribution is 0.0691. The molecule has 0 aliphatic rings. The summed E-state index contributed by atoms with van der Waals surface area (Å²) in [7, 11) is 2.68. The van der Waals surface area contributed by atoms with Crippen LogP contribution in [0.4, 0.5) is 4.39 Å².